The van der Waals surface area contributed by atoms with E-state index in [1.54, 1.807) is 36.0 Å². The molecule has 2 rings (SSSR count). The number of amides is 2. The van der Waals surface area contributed by atoms with Crippen molar-refractivity contribution in [2.24, 2.45) is 0 Å². The van der Waals surface area contributed by atoms with Gasteiger partial charge in [-0.05, 0) is 36.6 Å². The largest absolute Gasteiger partial charge is 0.343 e. The maximum absolute atomic E-state index is 11.8. The van der Waals surface area contributed by atoms with Crippen molar-refractivity contribution in [3.8, 4) is 0 Å². The van der Waals surface area contributed by atoms with Crippen molar-refractivity contribution in [2.75, 3.05) is 18.1 Å². The summed E-state index contributed by atoms with van der Waals surface area (Å²) >= 11 is 1.60. The van der Waals surface area contributed by atoms with E-state index in [1.165, 1.54) is 0 Å². The second-order valence-electron chi connectivity index (χ2n) is 4.33. The first-order chi connectivity index (χ1) is 10.2. The summed E-state index contributed by atoms with van der Waals surface area (Å²) in [6, 6.07) is 16.4. The smallest absolute Gasteiger partial charge is 0.251 e. The number of rotatable bonds is 5. The summed E-state index contributed by atoms with van der Waals surface area (Å²) in [4.78, 5) is 24.7. The summed E-state index contributed by atoms with van der Waals surface area (Å²) in [5.74, 6) is -0.513. The van der Waals surface area contributed by atoms with Gasteiger partial charge < -0.3 is 10.6 Å². The van der Waals surface area contributed by atoms with E-state index in [1.807, 2.05) is 36.6 Å². The Morgan fingerprint density at radius 2 is 1.81 bits per heavy atom. The number of carbonyl (C=O) groups is 2. The lowest BCUT2D eigenvalue weighted by Crippen LogP contribution is -2.32. The number of carbonyl (C=O) groups excluding carboxylic acids is 2. The third kappa shape index (κ3) is 4.65. The maximum atomic E-state index is 11.8. The number of nitrogens with one attached hydrogen (secondary N) is 2. The van der Waals surface area contributed by atoms with Gasteiger partial charge in [0.25, 0.3) is 5.91 Å². The molecule has 2 aromatic rings. The van der Waals surface area contributed by atoms with E-state index < -0.39 is 0 Å². The first-order valence-electron chi connectivity index (χ1n) is 6.46. The normalized spacial score (nSPS) is 9.95. The molecule has 0 aliphatic heterocycles. The van der Waals surface area contributed by atoms with Crippen LogP contribution in [0.5, 0.6) is 0 Å². The highest BCUT2D eigenvalue weighted by Gasteiger charge is 2.07. The molecule has 0 saturated heterocycles. The molecule has 0 radical (unpaired) electrons. The fraction of sp³-hybridized carbons (Fsp3) is 0.125. The number of hydrogen-bond donors (Lipinski definition) is 2. The Bertz CT molecular complexity index is 629. The quantitative estimate of drug-likeness (QED) is 0.835. The van der Waals surface area contributed by atoms with Gasteiger partial charge in [0.05, 0.1) is 6.54 Å². The van der Waals surface area contributed by atoms with Crippen molar-refractivity contribution in [2.45, 2.75) is 4.90 Å². The molecule has 0 bridgehead atoms. The number of benzene rings is 2. The lowest BCUT2D eigenvalue weighted by Gasteiger charge is -2.08. The zero-order chi connectivity index (χ0) is 15.1. The molecule has 2 N–H and O–H groups in total. The third-order valence-corrected chi connectivity index (χ3v) is 3.52. The molecule has 0 aromatic heterocycles. The molecule has 0 fully saturated rings. The van der Waals surface area contributed by atoms with E-state index in [2.05, 4.69) is 10.6 Å². The zero-order valence-electron chi connectivity index (χ0n) is 11.6. The SMILES string of the molecule is CSc1cccc(NC(=O)CNC(=O)c2ccccc2)c1. The van der Waals surface area contributed by atoms with E-state index in [0.717, 1.165) is 10.6 Å². The number of hydrogen-bond acceptors (Lipinski definition) is 3. The van der Waals surface area contributed by atoms with E-state index in [-0.39, 0.29) is 18.4 Å². The van der Waals surface area contributed by atoms with E-state index in [0.29, 0.717) is 5.56 Å². The monoisotopic (exact) mass is 300 g/mol. The third-order valence-electron chi connectivity index (χ3n) is 2.80. The molecule has 0 aliphatic rings. The van der Waals surface area contributed by atoms with Crippen LogP contribution in [0.25, 0.3) is 0 Å². The molecule has 4 nitrogen and oxygen atoms in total. The Morgan fingerprint density at radius 3 is 2.52 bits per heavy atom. The molecule has 0 spiro atoms. The predicted molar refractivity (Wildman–Crippen MR) is 85.6 cm³/mol. The van der Waals surface area contributed by atoms with Gasteiger partial charge in [-0.15, -0.1) is 11.8 Å². The minimum Gasteiger partial charge on any atom is -0.343 e. The maximum Gasteiger partial charge on any atom is 0.251 e. The molecule has 0 heterocycles. The van der Waals surface area contributed by atoms with Gasteiger partial charge in [-0.25, -0.2) is 0 Å². The highest BCUT2D eigenvalue weighted by Crippen LogP contribution is 2.18. The highest BCUT2D eigenvalue weighted by molar-refractivity contribution is 7.98. The van der Waals surface area contributed by atoms with Gasteiger partial charge in [-0.1, -0.05) is 24.3 Å². The average molecular weight is 300 g/mol. The summed E-state index contributed by atoms with van der Waals surface area (Å²) in [6.45, 7) is -0.0583. The average Bonchev–Trinajstić information content (AvgIpc) is 2.53. The molecule has 0 unspecified atom stereocenters. The molecule has 2 amide bonds. The van der Waals surface area contributed by atoms with Gasteiger partial charge in [-0.3, -0.25) is 9.59 Å². The molecule has 0 atom stereocenters. The molecule has 21 heavy (non-hydrogen) atoms. The van der Waals surface area contributed by atoms with Crippen LogP contribution < -0.4 is 10.6 Å². The van der Waals surface area contributed by atoms with Crippen LogP contribution in [-0.4, -0.2) is 24.6 Å². The van der Waals surface area contributed by atoms with Crippen molar-refractivity contribution in [3.05, 3.63) is 60.2 Å². The number of thioether (sulfide) groups is 1. The van der Waals surface area contributed by atoms with Crippen LogP contribution in [0.3, 0.4) is 0 Å². The van der Waals surface area contributed by atoms with E-state index in [9.17, 15) is 9.59 Å². The Balaban J connectivity index is 1.86. The van der Waals surface area contributed by atoms with Crippen LogP contribution in [0.15, 0.2) is 59.5 Å². The predicted octanol–water partition coefficient (Wildman–Crippen LogP) is 2.78. The Hall–Kier alpha value is -2.27. The molecular weight excluding hydrogens is 284 g/mol. The molecular formula is C16H16N2O2S. The summed E-state index contributed by atoms with van der Waals surface area (Å²) in [7, 11) is 0. The van der Waals surface area contributed by atoms with Crippen LogP contribution in [-0.2, 0) is 4.79 Å². The zero-order valence-corrected chi connectivity index (χ0v) is 12.4. The summed E-state index contributed by atoms with van der Waals surface area (Å²) < 4.78 is 0. The molecule has 0 saturated carbocycles. The lowest BCUT2D eigenvalue weighted by atomic mass is 10.2. The van der Waals surface area contributed by atoms with Crippen LogP contribution in [0, 0.1) is 0 Å². The minimum absolute atomic E-state index is 0.0583. The van der Waals surface area contributed by atoms with Crippen LogP contribution in [0.2, 0.25) is 0 Å². The number of anilines is 1. The van der Waals surface area contributed by atoms with Crippen molar-refractivity contribution in [1.29, 1.82) is 0 Å². The fourth-order valence-corrected chi connectivity index (χ4v) is 2.22. The van der Waals surface area contributed by atoms with Gasteiger partial charge in [0, 0.05) is 16.1 Å². The van der Waals surface area contributed by atoms with Crippen molar-refractivity contribution in [3.63, 3.8) is 0 Å². The molecule has 2 aromatic carbocycles. The van der Waals surface area contributed by atoms with Gasteiger partial charge >= 0.3 is 0 Å². The fourth-order valence-electron chi connectivity index (χ4n) is 1.76. The Morgan fingerprint density at radius 1 is 1.05 bits per heavy atom. The van der Waals surface area contributed by atoms with Crippen molar-refractivity contribution < 1.29 is 9.59 Å². The summed E-state index contributed by atoms with van der Waals surface area (Å²) in [6.07, 6.45) is 1.97. The standard InChI is InChI=1S/C16H16N2O2S/c1-21-14-9-5-8-13(10-14)18-15(19)11-17-16(20)12-6-3-2-4-7-12/h2-10H,11H2,1H3,(H,17,20)(H,18,19). The van der Waals surface area contributed by atoms with Crippen LogP contribution >= 0.6 is 11.8 Å². The van der Waals surface area contributed by atoms with Crippen molar-refractivity contribution in [1.82, 2.24) is 5.32 Å². The first kappa shape index (κ1) is 15.1. The van der Waals surface area contributed by atoms with E-state index in [4.69, 9.17) is 0 Å². The topological polar surface area (TPSA) is 58.2 Å². The minimum atomic E-state index is -0.261. The molecule has 5 heteroatoms. The Kier molecular flexibility index (Phi) is 5.40. The second-order valence-corrected chi connectivity index (χ2v) is 5.21. The van der Waals surface area contributed by atoms with Gasteiger partial charge in [0.1, 0.15) is 0 Å². The van der Waals surface area contributed by atoms with Crippen molar-refractivity contribution >= 4 is 29.3 Å². The van der Waals surface area contributed by atoms with Gasteiger partial charge in [-0.2, -0.15) is 0 Å². The summed E-state index contributed by atoms with van der Waals surface area (Å²) in [5.41, 5.74) is 1.26. The second kappa shape index (κ2) is 7.50. The van der Waals surface area contributed by atoms with Crippen LogP contribution in [0.4, 0.5) is 5.69 Å². The Labute approximate surface area is 127 Å². The summed E-state index contributed by atoms with van der Waals surface area (Å²) in [5, 5.41) is 5.35. The van der Waals surface area contributed by atoms with Crippen LogP contribution in [0.1, 0.15) is 10.4 Å². The molecule has 0 aliphatic carbocycles. The lowest BCUT2D eigenvalue weighted by molar-refractivity contribution is -0.115. The van der Waals surface area contributed by atoms with E-state index >= 15 is 0 Å². The van der Waals surface area contributed by atoms with Gasteiger partial charge in [0.2, 0.25) is 5.91 Å². The highest BCUT2D eigenvalue weighted by atomic mass is 32.2. The molecule has 108 valence electrons. The first-order valence-corrected chi connectivity index (χ1v) is 7.68. The van der Waals surface area contributed by atoms with Gasteiger partial charge in [0.15, 0.2) is 0 Å².